The number of pyridine rings is 2. The first-order chi connectivity index (χ1) is 60.5. The van der Waals surface area contributed by atoms with Crippen molar-refractivity contribution in [3.05, 3.63) is 282 Å². The van der Waals surface area contributed by atoms with Gasteiger partial charge in [-0.2, -0.15) is 5.10 Å². The van der Waals surface area contributed by atoms with Gasteiger partial charge in [0.25, 0.3) is 41.4 Å². The third kappa shape index (κ3) is 24.4. The van der Waals surface area contributed by atoms with E-state index in [9.17, 15) is 62.3 Å². The molecule has 0 aliphatic rings. The summed E-state index contributed by atoms with van der Waals surface area (Å²) in [7, 11) is 0. The second-order valence-electron chi connectivity index (χ2n) is 26.2. The number of aromatic nitrogens is 8. The number of benzene rings is 4. The lowest BCUT2D eigenvalue weighted by Gasteiger charge is -2.16. The molecule has 0 fully saturated rings. The van der Waals surface area contributed by atoms with Gasteiger partial charge in [-0.25, -0.2) is 38.8 Å². The Balaban J connectivity index is 0.000000152. The molecule has 4 aromatic carbocycles. The maximum absolute atomic E-state index is 12.7. The molecule has 125 heavy (non-hydrogen) atoms. The lowest BCUT2D eigenvalue weighted by molar-refractivity contribution is -0.142. The van der Waals surface area contributed by atoms with Crippen LogP contribution in [0.25, 0.3) is 36.3 Å². The Morgan fingerprint density at radius 2 is 0.848 bits per heavy atom. The molecule has 15 rings (SSSR count). The molecule has 7 N–H and O–H groups in total. The van der Waals surface area contributed by atoms with Crippen molar-refractivity contribution in [2.75, 3.05) is 27.9 Å². The Kier molecular flexibility index (Phi) is 31.3. The van der Waals surface area contributed by atoms with Crippen LogP contribution in [0, 0.1) is 0 Å². The molecule has 11 heterocycles. The predicted molar refractivity (Wildman–Crippen MR) is 477 cm³/mol. The van der Waals surface area contributed by atoms with E-state index >= 15 is 0 Å². The Hall–Kier alpha value is -14.2. The number of Topliss-reactive ketones (excluding diaryl/α,β-unsaturated/α-hetero) is 2. The number of thiazole rings is 3. The van der Waals surface area contributed by atoms with Crippen molar-refractivity contribution in [3.8, 4) is 0 Å². The summed E-state index contributed by atoms with van der Waals surface area (Å²) in [5, 5.41) is 28.4. The predicted octanol–water partition coefficient (Wildman–Crippen LogP) is 18.0. The van der Waals surface area contributed by atoms with E-state index in [0.717, 1.165) is 59.0 Å². The summed E-state index contributed by atoms with van der Waals surface area (Å²) in [5.41, 5.74) is 6.08. The molecular formula is C86H73N15O17S7. The van der Waals surface area contributed by atoms with Crippen LogP contribution in [0.15, 0.2) is 217 Å². The first-order valence-electron chi connectivity index (χ1n) is 38.1. The molecule has 0 bridgehead atoms. The van der Waals surface area contributed by atoms with Gasteiger partial charge in [0.15, 0.2) is 26.5 Å². The number of esters is 1. The lowest BCUT2D eigenvalue weighted by atomic mass is 10.1. The molecule has 3 unspecified atom stereocenters. The molecule has 32 nitrogen and oxygen atoms in total. The van der Waals surface area contributed by atoms with Crippen LogP contribution < -0.4 is 37.2 Å². The van der Waals surface area contributed by atoms with Crippen molar-refractivity contribution in [1.29, 1.82) is 0 Å². The third-order valence-corrected chi connectivity index (χ3v) is 24.2. The number of hydrogen-bond donors (Lipinski definition) is 7. The van der Waals surface area contributed by atoms with Crippen molar-refractivity contribution >= 4 is 213 Å². The number of carbonyl (C=O) groups excluding carboxylic acids is 13. The summed E-state index contributed by atoms with van der Waals surface area (Å²) < 4.78 is 25.0. The number of anilines is 4. The van der Waals surface area contributed by atoms with Crippen molar-refractivity contribution in [2.24, 2.45) is 0 Å². The molecule has 0 spiro atoms. The normalized spacial score (nSPS) is 11.4. The van der Waals surface area contributed by atoms with Crippen molar-refractivity contribution in [2.45, 2.75) is 85.0 Å². The molecule has 15 aromatic rings. The van der Waals surface area contributed by atoms with E-state index in [1.165, 1.54) is 105 Å². The van der Waals surface area contributed by atoms with Crippen LogP contribution in [0.2, 0.25) is 0 Å². The van der Waals surface area contributed by atoms with Crippen LogP contribution in [0.5, 0.6) is 0 Å². The van der Waals surface area contributed by atoms with Crippen molar-refractivity contribution in [3.63, 3.8) is 0 Å². The van der Waals surface area contributed by atoms with Crippen LogP contribution in [0.1, 0.15) is 181 Å². The van der Waals surface area contributed by atoms with E-state index in [2.05, 4.69) is 72.2 Å². The number of fused-ring (bicyclic) bond motifs is 4. The van der Waals surface area contributed by atoms with Crippen LogP contribution in [-0.4, -0.2) is 123 Å². The van der Waals surface area contributed by atoms with Crippen LogP contribution >= 0.6 is 79.4 Å². The van der Waals surface area contributed by atoms with Gasteiger partial charge in [0.2, 0.25) is 0 Å². The van der Waals surface area contributed by atoms with E-state index < -0.39 is 96.1 Å². The van der Waals surface area contributed by atoms with Gasteiger partial charge >= 0.3 is 24.2 Å². The molecule has 39 heteroatoms. The highest BCUT2D eigenvalue weighted by Crippen LogP contribution is 2.35. The van der Waals surface area contributed by atoms with E-state index in [1.54, 1.807) is 72.2 Å². The number of para-hydroxylation sites is 1. The Morgan fingerprint density at radius 3 is 1.31 bits per heavy atom. The number of thiophene rings is 4. The van der Waals surface area contributed by atoms with Crippen molar-refractivity contribution < 1.29 is 81.3 Å². The highest BCUT2D eigenvalue weighted by atomic mass is 32.1. The quantitative estimate of drug-likeness (QED) is 0.0115. The topological polar surface area (TPSA) is 438 Å². The van der Waals surface area contributed by atoms with Gasteiger partial charge in [-0.15, -0.1) is 79.4 Å². The molecule has 0 aliphatic heterocycles. The summed E-state index contributed by atoms with van der Waals surface area (Å²) in [5.74, 6) is -4.99. The number of imide groups is 3. The van der Waals surface area contributed by atoms with Gasteiger partial charge in [0, 0.05) is 48.3 Å². The number of ether oxygens (including phenoxy) is 4. The summed E-state index contributed by atoms with van der Waals surface area (Å²) >= 11 is 8.31. The SMILES string of the molecule is CCC(OC(=O)NC(=O)c1ccsc1NC(=O)c1cnc2ccnn2c1)c1ccccc1.CCC(OC(=O)NC(=O)c1ccsc1NC(=O)c1nc2ccccc2s1)c1ccccc1.CCC(OC(=O)NC(=O)c1ccsc1NC(=O)c1nc2ccncc2s1)c1ccccc1.CCOC(=O)CC(=O)c1cc(CC(C)=O)sc1NC(=O)c1nc2cnccc2s1. The second kappa shape index (κ2) is 43.5. The molecular weight excluding hydrogens is 1740 g/mol. The summed E-state index contributed by atoms with van der Waals surface area (Å²) in [4.78, 5) is 187. The first kappa shape index (κ1) is 90.0. The van der Waals surface area contributed by atoms with Gasteiger partial charge in [-0.1, -0.05) is 124 Å². The largest absolute Gasteiger partial charge is 0.466 e. The van der Waals surface area contributed by atoms with E-state index in [0.29, 0.717) is 60.8 Å². The Morgan fingerprint density at radius 1 is 0.416 bits per heavy atom. The first-order valence-corrected chi connectivity index (χ1v) is 44.0. The van der Waals surface area contributed by atoms with E-state index in [-0.39, 0.29) is 61.6 Å². The van der Waals surface area contributed by atoms with Crippen LogP contribution in [0.3, 0.4) is 0 Å². The maximum atomic E-state index is 12.7. The second-order valence-corrected chi connectivity index (χ2v) is 33.2. The van der Waals surface area contributed by atoms with Gasteiger partial charge in [-0.05, 0) is 114 Å². The fourth-order valence-electron chi connectivity index (χ4n) is 11.7. The number of alkyl carbamates (subject to hydrolysis) is 3. The third-order valence-electron chi connectivity index (χ3n) is 17.5. The zero-order valence-electron chi connectivity index (χ0n) is 66.6. The number of nitrogens with zero attached hydrogens (tertiary/aromatic N) is 8. The Bertz CT molecular complexity index is 5970. The zero-order chi connectivity index (χ0) is 88.5. The number of ketones is 2. The monoisotopic (exact) mass is 1810 g/mol. The summed E-state index contributed by atoms with van der Waals surface area (Å²) in [6, 6.07) is 46.6. The molecule has 10 amide bonds. The number of amides is 10. The van der Waals surface area contributed by atoms with E-state index in [4.69, 9.17) is 18.9 Å². The fraction of sp³-hybridized carbons (Fsp3) is 0.163. The highest BCUT2D eigenvalue weighted by molar-refractivity contribution is 7.22. The standard InChI is InChI=1S/C23H19N3O4S2.C22H19N5O4S.C22H18N4O4S2.C19H17N3O5S2/c1-2-17(14-8-4-3-5-9-14)30-23(29)26-19(27)15-12-13-31-21(15)25-20(28)22-24-16-10-6-7-11-18(16)32-22;1-2-17(14-6-4-3-5-7-14)31-22(30)26-20(29)16-9-11-32-21(16)25-19(28)15-12-23-18-8-10-24-27(18)13-15;1-2-16(13-6-4-3-5-7-13)30-22(29)26-18(27)14-9-11-31-20(14)25-19(28)21-24-15-8-10-23-12-17(15)32-21;1-3-27-16(25)8-14(24)12-7-11(6-10(2)23)28-18(12)22-17(26)19-21-13-9-20-5-4-15(13)29-19/h3-13,17H,2H2,1H3,(H,25,28)(H,26,27,29);3-13,17H,2H2,1H3,(H,25,28)(H,26,29,30);3-12,16H,2H2,1H3,(H,25,28)(H,26,27,29);4-5,7,9H,3,6,8H2,1-2H3,(H,22,26). The molecule has 0 saturated heterocycles. The number of rotatable bonds is 26. The van der Waals surface area contributed by atoms with Crippen LogP contribution in [-0.2, 0) is 35.0 Å². The fourth-order valence-corrected chi connectivity index (χ4v) is 17.7. The lowest BCUT2D eigenvalue weighted by Crippen LogP contribution is -2.32. The molecule has 3 atom stereocenters. The van der Waals surface area contributed by atoms with Crippen LogP contribution in [0.4, 0.5) is 34.4 Å². The minimum atomic E-state index is -0.859. The highest BCUT2D eigenvalue weighted by Gasteiger charge is 2.28. The molecule has 0 saturated carbocycles. The smallest absolute Gasteiger partial charge is 0.414 e. The van der Waals surface area contributed by atoms with Gasteiger partial charge in [-0.3, -0.25) is 73.9 Å². The van der Waals surface area contributed by atoms with Gasteiger partial charge in [0.1, 0.15) is 56.0 Å². The molecule has 636 valence electrons. The minimum Gasteiger partial charge on any atom is -0.466 e. The Labute approximate surface area is 738 Å². The van der Waals surface area contributed by atoms with E-state index in [1.807, 2.05) is 136 Å². The zero-order valence-corrected chi connectivity index (χ0v) is 72.4. The number of hydrogen-bond acceptors (Lipinski definition) is 31. The molecule has 11 aromatic heterocycles. The maximum Gasteiger partial charge on any atom is 0.414 e. The average molecular weight is 1810 g/mol. The number of nitrogens with one attached hydrogen (secondary N) is 7. The molecule has 0 aliphatic carbocycles. The molecule has 0 radical (unpaired) electrons. The van der Waals surface area contributed by atoms with Gasteiger partial charge < -0.3 is 40.2 Å². The minimum absolute atomic E-state index is 0.0767. The summed E-state index contributed by atoms with van der Waals surface area (Å²) in [6.07, 6.45) is 8.34. The summed E-state index contributed by atoms with van der Waals surface area (Å²) in [6.45, 7) is 8.92. The van der Waals surface area contributed by atoms with Gasteiger partial charge in [0.05, 0.1) is 72.0 Å². The van der Waals surface area contributed by atoms with Crippen molar-refractivity contribution in [1.82, 2.24) is 55.5 Å². The average Bonchev–Trinajstić information content (AvgIpc) is 1.69. The number of carbonyl (C=O) groups is 13.